The molecule has 1 saturated heterocycles. The molecule has 1 fully saturated rings. The zero-order valence-corrected chi connectivity index (χ0v) is 11.9. The fraction of sp³-hybridized carbons (Fsp3) is 0.267. The predicted molar refractivity (Wildman–Crippen MR) is 81.4 cm³/mol. The lowest BCUT2D eigenvalue weighted by Crippen LogP contribution is -2.44. The molecule has 0 radical (unpaired) electrons. The third kappa shape index (κ3) is 2.75. The van der Waals surface area contributed by atoms with E-state index in [1.165, 1.54) is 18.3 Å². The molecule has 2 aromatic rings. The van der Waals surface area contributed by atoms with Crippen LogP contribution in [0.4, 0.5) is 16.0 Å². The molecule has 2 aromatic heterocycles. The largest absolute Gasteiger partial charge is 0.383 e. The van der Waals surface area contributed by atoms with Gasteiger partial charge in [-0.2, -0.15) is 0 Å². The van der Waals surface area contributed by atoms with Crippen molar-refractivity contribution in [3.8, 4) is 0 Å². The smallest absolute Gasteiger partial charge is 0.199 e. The first kappa shape index (κ1) is 14.4. The van der Waals surface area contributed by atoms with Gasteiger partial charge in [0.25, 0.3) is 0 Å². The number of nitrogens with two attached hydrogens (primary N) is 1. The standard InChI is InChI=1S/C15H16FN5O/c16-12-9-20-13(21-6-4-18-5-7-21)8-11(12)14(22)10-2-1-3-19-15(10)17/h1-3,8-9,18H,4-7H2,(H2,17,19). The second-order valence-electron chi connectivity index (χ2n) is 5.02. The van der Waals surface area contributed by atoms with E-state index >= 15 is 0 Å². The van der Waals surface area contributed by atoms with Crippen LogP contribution in [0.1, 0.15) is 15.9 Å². The second-order valence-corrected chi connectivity index (χ2v) is 5.02. The average molecular weight is 301 g/mol. The molecule has 114 valence electrons. The summed E-state index contributed by atoms with van der Waals surface area (Å²) in [6.07, 6.45) is 2.57. The number of nitrogens with zero attached hydrogens (tertiary/aromatic N) is 3. The highest BCUT2D eigenvalue weighted by atomic mass is 19.1. The van der Waals surface area contributed by atoms with Crippen LogP contribution >= 0.6 is 0 Å². The maximum atomic E-state index is 14.0. The lowest BCUT2D eigenvalue weighted by atomic mass is 10.0. The molecule has 7 heteroatoms. The van der Waals surface area contributed by atoms with Gasteiger partial charge in [0.15, 0.2) is 11.6 Å². The van der Waals surface area contributed by atoms with E-state index in [0.29, 0.717) is 5.82 Å². The number of halogens is 1. The Morgan fingerprint density at radius 3 is 2.77 bits per heavy atom. The van der Waals surface area contributed by atoms with Crippen molar-refractivity contribution >= 4 is 17.4 Å². The van der Waals surface area contributed by atoms with E-state index in [1.807, 2.05) is 4.90 Å². The molecule has 1 aliphatic heterocycles. The summed E-state index contributed by atoms with van der Waals surface area (Å²) in [7, 11) is 0. The molecule has 0 spiro atoms. The highest BCUT2D eigenvalue weighted by molar-refractivity contribution is 6.12. The quantitative estimate of drug-likeness (QED) is 0.817. The van der Waals surface area contributed by atoms with Crippen LogP contribution in [0.15, 0.2) is 30.6 Å². The summed E-state index contributed by atoms with van der Waals surface area (Å²) in [6.45, 7) is 3.19. The summed E-state index contributed by atoms with van der Waals surface area (Å²) in [5.41, 5.74) is 5.86. The number of carbonyl (C=O) groups is 1. The summed E-state index contributed by atoms with van der Waals surface area (Å²) >= 11 is 0. The van der Waals surface area contributed by atoms with E-state index in [9.17, 15) is 9.18 Å². The van der Waals surface area contributed by atoms with Crippen LogP contribution in [0, 0.1) is 5.82 Å². The molecule has 0 amide bonds. The number of pyridine rings is 2. The Morgan fingerprint density at radius 1 is 1.27 bits per heavy atom. The molecule has 0 aliphatic carbocycles. The topological polar surface area (TPSA) is 84.1 Å². The SMILES string of the molecule is Nc1ncccc1C(=O)c1cc(N2CCNCC2)ncc1F. The molecule has 0 bridgehead atoms. The number of hydrogen-bond acceptors (Lipinski definition) is 6. The van der Waals surface area contributed by atoms with Crippen LogP contribution in [0.2, 0.25) is 0 Å². The van der Waals surface area contributed by atoms with Crippen molar-refractivity contribution < 1.29 is 9.18 Å². The van der Waals surface area contributed by atoms with Gasteiger partial charge in [-0.25, -0.2) is 14.4 Å². The van der Waals surface area contributed by atoms with E-state index in [2.05, 4.69) is 15.3 Å². The molecular weight excluding hydrogens is 285 g/mol. The van der Waals surface area contributed by atoms with Crippen LogP contribution in [0.5, 0.6) is 0 Å². The number of nitrogens with one attached hydrogen (secondary N) is 1. The first-order valence-corrected chi connectivity index (χ1v) is 7.03. The van der Waals surface area contributed by atoms with Crippen molar-refractivity contribution in [3.05, 3.63) is 47.5 Å². The first-order chi connectivity index (χ1) is 10.7. The molecule has 22 heavy (non-hydrogen) atoms. The fourth-order valence-electron chi connectivity index (χ4n) is 2.42. The van der Waals surface area contributed by atoms with Gasteiger partial charge >= 0.3 is 0 Å². The lowest BCUT2D eigenvalue weighted by molar-refractivity contribution is 0.103. The number of hydrogen-bond donors (Lipinski definition) is 2. The summed E-state index contributed by atoms with van der Waals surface area (Å²) in [5, 5.41) is 3.23. The average Bonchev–Trinajstić information content (AvgIpc) is 2.56. The minimum Gasteiger partial charge on any atom is -0.383 e. The van der Waals surface area contributed by atoms with Crippen molar-refractivity contribution in [2.45, 2.75) is 0 Å². The first-order valence-electron chi connectivity index (χ1n) is 7.03. The van der Waals surface area contributed by atoms with Gasteiger partial charge in [0.1, 0.15) is 11.6 Å². The Morgan fingerprint density at radius 2 is 2.05 bits per heavy atom. The number of nitrogen functional groups attached to an aromatic ring is 1. The maximum Gasteiger partial charge on any atom is 0.199 e. The zero-order valence-electron chi connectivity index (χ0n) is 11.9. The van der Waals surface area contributed by atoms with Gasteiger partial charge in [0, 0.05) is 32.4 Å². The lowest BCUT2D eigenvalue weighted by Gasteiger charge is -2.28. The molecule has 1 aliphatic rings. The van der Waals surface area contributed by atoms with Crippen molar-refractivity contribution in [1.82, 2.24) is 15.3 Å². The van der Waals surface area contributed by atoms with Gasteiger partial charge in [0.2, 0.25) is 0 Å². The molecule has 0 atom stereocenters. The van der Waals surface area contributed by atoms with Gasteiger partial charge in [0.05, 0.1) is 17.3 Å². The minimum absolute atomic E-state index is 0.0387. The summed E-state index contributed by atoms with van der Waals surface area (Å²) in [4.78, 5) is 22.5. The normalized spacial score (nSPS) is 14.9. The third-order valence-electron chi connectivity index (χ3n) is 3.61. The van der Waals surface area contributed by atoms with E-state index in [4.69, 9.17) is 5.73 Å². The van der Waals surface area contributed by atoms with Gasteiger partial charge in [-0.15, -0.1) is 0 Å². The van der Waals surface area contributed by atoms with Gasteiger partial charge in [-0.3, -0.25) is 4.79 Å². The van der Waals surface area contributed by atoms with Gasteiger partial charge < -0.3 is 16.0 Å². The molecule has 3 heterocycles. The van der Waals surface area contributed by atoms with Crippen molar-refractivity contribution in [2.24, 2.45) is 0 Å². The number of carbonyl (C=O) groups excluding carboxylic acids is 1. The molecule has 0 unspecified atom stereocenters. The maximum absolute atomic E-state index is 14.0. The summed E-state index contributed by atoms with van der Waals surface area (Å²) in [5.74, 6) is -0.463. The predicted octanol–water partition coefficient (Wildman–Crippen LogP) is 0.838. The number of rotatable bonds is 3. The van der Waals surface area contributed by atoms with Crippen LogP contribution in [-0.2, 0) is 0 Å². The van der Waals surface area contributed by atoms with Crippen LogP contribution in [-0.4, -0.2) is 41.9 Å². The number of piperazine rings is 1. The molecule has 3 rings (SSSR count). The highest BCUT2D eigenvalue weighted by Crippen LogP contribution is 2.21. The molecule has 0 aromatic carbocycles. The van der Waals surface area contributed by atoms with E-state index in [-0.39, 0.29) is 16.9 Å². The fourth-order valence-corrected chi connectivity index (χ4v) is 2.42. The highest BCUT2D eigenvalue weighted by Gasteiger charge is 2.20. The monoisotopic (exact) mass is 301 g/mol. The van der Waals surface area contributed by atoms with Gasteiger partial charge in [-0.05, 0) is 18.2 Å². The number of ketones is 1. The number of anilines is 2. The van der Waals surface area contributed by atoms with Gasteiger partial charge in [-0.1, -0.05) is 0 Å². The molecular formula is C15H16FN5O. The number of aromatic nitrogens is 2. The second kappa shape index (κ2) is 6.07. The minimum atomic E-state index is -0.660. The Kier molecular flexibility index (Phi) is 3.97. The molecule has 3 N–H and O–H groups in total. The Hall–Kier alpha value is -2.54. The molecule has 0 saturated carbocycles. The molecule has 6 nitrogen and oxygen atoms in total. The summed E-state index contributed by atoms with van der Waals surface area (Å²) in [6, 6.07) is 4.62. The van der Waals surface area contributed by atoms with Crippen molar-refractivity contribution in [2.75, 3.05) is 36.8 Å². The van der Waals surface area contributed by atoms with Crippen LogP contribution in [0.25, 0.3) is 0 Å². The van der Waals surface area contributed by atoms with E-state index in [0.717, 1.165) is 32.4 Å². The van der Waals surface area contributed by atoms with Crippen molar-refractivity contribution in [1.29, 1.82) is 0 Å². The van der Waals surface area contributed by atoms with Crippen LogP contribution in [0.3, 0.4) is 0 Å². The van der Waals surface area contributed by atoms with Crippen molar-refractivity contribution in [3.63, 3.8) is 0 Å². The van der Waals surface area contributed by atoms with Crippen LogP contribution < -0.4 is 16.0 Å². The summed E-state index contributed by atoms with van der Waals surface area (Å²) < 4.78 is 14.0. The zero-order chi connectivity index (χ0) is 15.5. The Labute approximate surface area is 127 Å². The third-order valence-corrected chi connectivity index (χ3v) is 3.61. The Balaban J connectivity index is 1.96. The van der Waals surface area contributed by atoms with E-state index < -0.39 is 11.6 Å². The van der Waals surface area contributed by atoms with E-state index in [1.54, 1.807) is 6.07 Å². The Bertz CT molecular complexity index is 700.